The zero-order chi connectivity index (χ0) is 9.42. The summed E-state index contributed by atoms with van der Waals surface area (Å²) in [6.45, 7) is 0.605. The maximum absolute atomic E-state index is 11.1. The SMILES string of the molecule is CN1Cc2cc(Br)ccc2OC1=O. The molecule has 0 radical (unpaired) electrons. The van der Waals surface area contributed by atoms with Crippen LogP contribution in [0, 0.1) is 0 Å². The molecule has 1 heterocycles. The van der Waals surface area contributed by atoms with Gasteiger partial charge in [0.2, 0.25) is 0 Å². The summed E-state index contributed by atoms with van der Waals surface area (Å²) in [7, 11) is 1.71. The van der Waals surface area contributed by atoms with E-state index in [1.54, 1.807) is 13.1 Å². The smallest absolute Gasteiger partial charge is 0.410 e. The molecule has 3 nitrogen and oxygen atoms in total. The van der Waals surface area contributed by atoms with Crippen LogP contribution in [0.15, 0.2) is 22.7 Å². The second-order valence-electron chi connectivity index (χ2n) is 2.98. The molecular formula is C9H8BrNO2. The Labute approximate surface area is 84.4 Å². The van der Waals surface area contributed by atoms with Gasteiger partial charge in [-0.25, -0.2) is 4.79 Å². The fraction of sp³-hybridized carbons (Fsp3) is 0.222. The van der Waals surface area contributed by atoms with E-state index in [1.165, 1.54) is 4.90 Å². The van der Waals surface area contributed by atoms with Gasteiger partial charge in [-0.1, -0.05) is 15.9 Å². The number of ether oxygens (including phenoxy) is 1. The first-order valence-corrected chi connectivity index (χ1v) is 4.67. The molecule has 0 atom stereocenters. The highest BCUT2D eigenvalue weighted by atomic mass is 79.9. The largest absolute Gasteiger partial charge is 0.415 e. The number of rotatable bonds is 0. The third-order valence-corrected chi connectivity index (χ3v) is 2.43. The fourth-order valence-electron chi connectivity index (χ4n) is 1.26. The van der Waals surface area contributed by atoms with Crippen LogP contribution in [0.3, 0.4) is 0 Å². The van der Waals surface area contributed by atoms with E-state index in [0.29, 0.717) is 12.3 Å². The number of amides is 1. The summed E-state index contributed by atoms with van der Waals surface area (Å²) in [5, 5.41) is 0. The van der Waals surface area contributed by atoms with Gasteiger partial charge < -0.3 is 9.64 Å². The monoisotopic (exact) mass is 241 g/mol. The predicted molar refractivity (Wildman–Crippen MR) is 51.6 cm³/mol. The highest BCUT2D eigenvalue weighted by Gasteiger charge is 2.21. The molecule has 1 amide bonds. The van der Waals surface area contributed by atoms with Crippen molar-refractivity contribution < 1.29 is 9.53 Å². The third kappa shape index (κ3) is 1.54. The van der Waals surface area contributed by atoms with Crippen LogP contribution < -0.4 is 4.74 Å². The lowest BCUT2D eigenvalue weighted by Gasteiger charge is -2.24. The first-order valence-electron chi connectivity index (χ1n) is 3.88. The standard InChI is InChI=1S/C9H8BrNO2/c1-11-5-6-4-7(10)2-3-8(6)13-9(11)12/h2-4H,5H2,1H3. The van der Waals surface area contributed by atoms with Crippen LogP contribution in [0.5, 0.6) is 5.75 Å². The Morgan fingerprint density at radius 2 is 2.31 bits per heavy atom. The van der Waals surface area contributed by atoms with Crippen LogP contribution in [-0.4, -0.2) is 18.0 Å². The van der Waals surface area contributed by atoms with Crippen molar-refractivity contribution in [2.75, 3.05) is 7.05 Å². The summed E-state index contributed by atoms with van der Waals surface area (Å²) >= 11 is 3.37. The summed E-state index contributed by atoms with van der Waals surface area (Å²) < 4.78 is 6.06. The highest BCUT2D eigenvalue weighted by Crippen LogP contribution is 2.27. The predicted octanol–water partition coefficient (Wildman–Crippen LogP) is 2.39. The van der Waals surface area contributed by atoms with Gasteiger partial charge in [-0.3, -0.25) is 0 Å². The lowest BCUT2D eigenvalue weighted by atomic mass is 10.2. The quantitative estimate of drug-likeness (QED) is 0.699. The first-order chi connectivity index (χ1) is 6.16. The van der Waals surface area contributed by atoms with E-state index in [0.717, 1.165) is 10.0 Å². The van der Waals surface area contributed by atoms with Crippen LogP contribution in [0.2, 0.25) is 0 Å². The molecule has 0 spiro atoms. The Kier molecular flexibility index (Phi) is 2.00. The van der Waals surface area contributed by atoms with Crippen LogP contribution >= 0.6 is 15.9 Å². The Morgan fingerprint density at radius 1 is 1.54 bits per heavy atom. The molecule has 13 heavy (non-hydrogen) atoms. The number of fused-ring (bicyclic) bond motifs is 1. The lowest BCUT2D eigenvalue weighted by Crippen LogP contribution is -2.33. The molecule has 0 aliphatic carbocycles. The molecule has 1 aromatic carbocycles. The zero-order valence-corrected chi connectivity index (χ0v) is 8.67. The van der Waals surface area contributed by atoms with E-state index in [2.05, 4.69) is 15.9 Å². The van der Waals surface area contributed by atoms with Crippen molar-refractivity contribution in [3.63, 3.8) is 0 Å². The maximum Gasteiger partial charge on any atom is 0.415 e. The van der Waals surface area contributed by atoms with Crippen LogP contribution in [0.1, 0.15) is 5.56 Å². The Bertz CT molecular complexity index is 365. The number of carbonyl (C=O) groups excluding carboxylic acids is 1. The molecule has 0 aromatic heterocycles. The molecule has 1 aliphatic rings. The third-order valence-electron chi connectivity index (χ3n) is 1.94. The molecule has 4 heteroatoms. The highest BCUT2D eigenvalue weighted by molar-refractivity contribution is 9.10. The molecule has 0 unspecified atom stereocenters. The van der Waals surface area contributed by atoms with Crippen LogP contribution in [-0.2, 0) is 6.54 Å². The minimum Gasteiger partial charge on any atom is -0.410 e. The number of hydrogen-bond acceptors (Lipinski definition) is 2. The van der Waals surface area contributed by atoms with E-state index >= 15 is 0 Å². The first kappa shape index (κ1) is 8.56. The Morgan fingerprint density at radius 3 is 3.08 bits per heavy atom. The Balaban J connectivity index is 2.42. The summed E-state index contributed by atoms with van der Waals surface area (Å²) in [4.78, 5) is 12.7. The van der Waals surface area contributed by atoms with E-state index in [4.69, 9.17) is 4.74 Å². The summed E-state index contributed by atoms with van der Waals surface area (Å²) in [5.74, 6) is 0.659. The van der Waals surface area contributed by atoms with Gasteiger partial charge >= 0.3 is 6.09 Å². The average Bonchev–Trinajstić information content (AvgIpc) is 2.08. The second kappa shape index (κ2) is 3.03. The molecule has 2 rings (SSSR count). The van der Waals surface area contributed by atoms with Crippen molar-refractivity contribution in [3.8, 4) is 5.75 Å². The van der Waals surface area contributed by atoms with Gasteiger partial charge in [-0.05, 0) is 18.2 Å². The normalized spacial score (nSPS) is 15.2. The molecule has 0 saturated heterocycles. The molecule has 0 bridgehead atoms. The van der Waals surface area contributed by atoms with Gasteiger partial charge in [-0.2, -0.15) is 0 Å². The lowest BCUT2D eigenvalue weighted by molar-refractivity contribution is 0.150. The van der Waals surface area contributed by atoms with E-state index < -0.39 is 0 Å². The number of hydrogen-bond donors (Lipinski definition) is 0. The number of nitrogens with zero attached hydrogens (tertiary/aromatic N) is 1. The van der Waals surface area contributed by atoms with Crippen LogP contribution in [0.25, 0.3) is 0 Å². The second-order valence-corrected chi connectivity index (χ2v) is 3.89. The molecule has 0 N–H and O–H groups in total. The molecule has 0 fully saturated rings. The van der Waals surface area contributed by atoms with Gasteiger partial charge in [0.05, 0.1) is 6.54 Å². The zero-order valence-electron chi connectivity index (χ0n) is 7.08. The maximum atomic E-state index is 11.1. The van der Waals surface area contributed by atoms with Gasteiger partial charge in [0.1, 0.15) is 5.75 Å². The van der Waals surface area contributed by atoms with Gasteiger partial charge in [0.15, 0.2) is 0 Å². The molecule has 1 aliphatic heterocycles. The van der Waals surface area contributed by atoms with Crippen molar-refractivity contribution >= 4 is 22.0 Å². The average molecular weight is 242 g/mol. The molecular weight excluding hydrogens is 234 g/mol. The van der Waals surface area contributed by atoms with Crippen molar-refractivity contribution in [1.29, 1.82) is 0 Å². The van der Waals surface area contributed by atoms with Gasteiger partial charge in [0.25, 0.3) is 0 Å². The topological polar surface area (TPSA) is 29.5 Å². The number of halogens is 1. The molecule has 0 saturated carbocycles. The van der Waals surface area contributed by atoms with Crippen molar-refractivity contribution in [2.24, 2.45) is 0 Å². The molecule has 1 aromatic rings. The van der Waals surface area contributed by atoms with Crippen LogP contribution in [0.4, 0.5) is 4.79 Å². The van der Waals surface area contributed by atoms with Crippen molar-refractivity contribution in [1.82, 2.24) is 4.90 Å². The van der Waals surface area contributed by atoms with E-state index in [1.807, 2.05) is 12.1 Å². The minimum absolute atomic E-state index is 0.296. The van der Waals surface area contributed by atoms with E-state index in [9.17, 15) is 4.79 Å². The van der Waals surface area contributed by atoms with Gasteiger partial charge in [-0.15, -0.1) is 0 Å². The van der Waals surface area contributed by atoms with Gasteiger partial charge in [0, 0.05) is 17.1 Å². The fourth-order valence-corrected chi connectivity index (χ4v) is 1.67. The van der Waals surface area contributed by atoms with Crippen molar-refractivity contribution in [3.05, 3.63) is 28.2 Å². The Hall–Kier alpha value is -1.03. The summed E-state index contributed by atoms with van der Waals surface area (Å²) in [6.07, 6.45) is -0.296. The number of benzene rings is 1. The number of carbonyl (C=O) groups is 1. The minimum atomic E-state index is -0.296. The summed E-state index contributed by atoms with van der Waals surface area (Å²) in [6, 6.07) is 5.61. The van der Waals surface area contributed by atoms with Crippen molar-refractivity contribution in [2.45, 2.75) is 6.54 Å². The molecule has 68 valence electrons. The van der Waals surface area contributed by atoms with E-state index in [-0.39, 0.29) is 6.09 Å². The summed E-state index contributed by atoms with van der Waals surface area (Å²) in [5.41, 5.74) is 1.02.